The zero-order chi connectivity index (χ0) is 23.6. The van der Waals surface area contributed by atoms with Gasteiger partial charge in [0, 0.05) is 30.8 Å². The Kier molecular flexibility index (Phi) is 6.76. The second kappa shape index (κ2) is 9.18. The number of H-pyrrole nitrogens is 1. The monoisotopic (exact) mass is 449 g/mol. The zero-order valence-corrected chi connectivity index (χ0v) is 18.2. The number of aromatic amines is 1. The minimum Gasteiger partial charge on any atom is -0.354 e. The summed E-state index contributed by atoms with van der Waals surface area (Å²) in [6, 6.07) is 3.90. The van der Waals surface area contributed by atoms with Gasteiger partial charge in [-0.3, -0.25) is 14.4 Å². The van der Waals surface area contributed by atoms with E-state index in [0.717, 1.165) is 12.1 Å². The van der Waals surface area contributed by atoms with Crippen molar-refractivity contribution in [2.45, 2.75) is 52.3 Å². The lowest BCUT2D eigenvalue weighted by molar-refractivity contribution is -0.137. The van der Waals surface area contributed by atoms with Crippen LogP contribution in [0.1, 0.15) is 76.0 Å². The number of nitrogens with one attached hydrogen (secondary N) is 2. The molecule has 1 aliphatic rings. The third-order valence-corrected chi connectivity index (χ3v) is 5.72. The fourth-order valence-corrected chi connectivity index (χ4v) is 4.21. The average Bonchev–Trinajstić information content (AvgIpc) is 3.29. The number of Topliss-reactive ketones (excluding diaryl/α,β-unsaturated/α-hetero) is 1. The molecule has 1 aromatic heterocycles. The molecule has 2 amide bonds. The summed E-state index contributed by atoms with van der Waals surface area (Å²) in [4.78, 5) is 41.8. The number of benzene rings is 1. The van der Waals surface area contributed by atoms with Crippen LogP contribution in [0, 0.1) is 6.92 Å². The molecule has 0 saturated carbocycles. The lowest BCUT2D eigenvalue weighted by Crippen LogP contribution is -2.39. The molecule has 1 unspecified atom stereocenters. The van der Waals surface area contributed by atoms with Crippen molar-refractivity contribution in [3.05, 3.63) is 57.9 Å². The van der Waals surface area contributed by atoms with Crippen molar-refractivity contribution in [2.24, 2.45) is 0 Å². The highest BCUT2D eigenvalue weighted by Gasteiger charge is 2.32. The van der Waals surface area contributed by atoms with Gasteiger partial charge in [0.25, 0.3) is 5.91 Å². The van der Waals surface area contributed by atoms with Crippen LogP contribution in [0.25, 0.3) is 0 Å². The summed E-state index contributed by atoms with van der Waals surface area (Å²) in [5, 5.41) is 2.79. The summed E-state index contributed by atoms with van der Waals surface area (Å²) in [7, 11) is 0. The van der Waals surface area contributed by atoms with Crippen LogP contribution in [0.4, 0.5) is 13.2 Å². The Morgan fingerprint density at radius 3 is 2.56 bits per heavy atom. The number of halogens is 3. The van der Waals surface area contributed by atoms with Crippen LogP contribution in [-0.4, -0.2) is 40.6 Å². The summed E-state index contributed by atoms with van der Waals surface area (Å²) in [5.41, 5.74) is 1.20. The van der Waals surface area contributed by atoms with Gasteiger partial charge in [0.2, 0.25) is 5.91 Å². The molecule has 2 N–H and O–H groups in total. The first-order valence-electron chi connectivity index (χ1n) is 10.5. The summed E-state index contributed by atoms with van der Waals surface area (Å²) >= 11 is 0. The smallest absolute Gasteiger partial charge is 0.354 e. The molecule has 1 saturated heterocycles. The van der Waals surface area contributed by atoms with Crippen molar-refractivity contribution in [3.8, 4) is 0 Å². The van der Waals surface area contributed by atoms with Gasteiger partial charge in [-0.25, -0.2) is 0 Å². The van der Waals surface area contributed by atoms with Gasteiger partial charge in [-0.05, 0) is 49.9 Å². The first-order valence-corrected chi connectivity index (χ1v) is 10.5. The van der Waals surface area contributed by atoms with Crippen LogP contribution in [0.15, 0.2) is 24.3 Å². The number of rotatable bonds is 7. The maximum absolute atomic E-state index is 13.3. The van der Waals surface area contributed by atoms with E-state index in [2.05, 4.69) is 10.3 Å². The van der Waals surface area contributed by atoms with Crippen molar-refractivity contribution in [2.75, 3.05) is 13.1 Å². The van der Waals surface area contributed by atoms with Gasteiger partial charge in [-0.2, -0.15) is 13.2 Å². The van der Waals surface area contributed by atoms with Gasteiger partial charge in [0.05, 0.1) is 11.6 Å². The number of hydrogen-bond acceptors (Lipinski definition) is 3. The first kappa shape index (κ1) is 23.6. The van der Waals surface area contributed by atoms with Crippen LogP contribution in [-0.2, 0) is 17.4 Å². The Bertz CT molecular complexity index is 1040. The molecule has 0 aliphatic carbocycles. The van der Waals surface area contributed by atoms with E-state index >= 15 is 0 Å². The number of aromatic nitrogens is 1. The van der Waals surface area contributed by atoms with Gasteiger partial charge < -0.3 is 15.2 Å². The summed E-state index contributed by atoms with van der Waals surface area (Å²) in [5.74, 6) is -0.807. The fraction of sp³-hybridized carbons (Fsp3) is 0.435. The second-order valence-corrected chi connectivity index (χ2v) is 7.98. The summed E-state index contributed by atoms with van der Waals surface area (Å²) in [6.07, 6.45) is -3.06. The lowest BCUT2D eigenvalue weighted by Gasteiger charge is -2.26. The first-order chi connectivity index (χ1) is 15.0. The van der Waals surface area contributed by atoms with Crippen molar-refractivity contribution in [1.29, 1.82) is 0 Å². The number of alkyl halides is 3. The minimum absolute atomic E-state index is 0.0621. The molecule has 9 heteroatoms. The SMILES string of the molecule is CCc1c(C(=O)NC(CN2CCCC2=O)c2cccc(C(F)(F)F)c2)[nH]c(C)c1C(C)=O. The van der Waals surface area contributed by atoms with Gasteiger partial charge >= 0.3 is 6.18 Å². The quantitative estimate of drug-likeness (QED) is 0.622. The van der Waals surface area contributed by atoms with E-state index in [0.29, 0.717) is 42.6 Å². The van der Waals surface area contributed by atoms with Crippen molar-refractivity contribution < 1.29 is 27.6 Å². The van der Waals surface area contributed by atoms with E-state index in [4.69, 9.17) is 0 Å². The summed E-state index contributed by atoms with van der Waals surface area (Å²) in [6.45, 7) is 5.48. The number of carbonyl (C=O) groups excluding carboxylic acids is 3. The third kappa shape index (κ3) is 4.87. The van der Waals surface area contributed by atoms with Crippen LogP contribution >= 0.6 is 0 Å². The highest BCUT2D eigenvalue weighted by atomic mass is 19.4. The summed E-state index contributed by atoms with van der Waals surface area (Å²) < 4.78 is 39.8. The number of likely N-dealkylation sites (tertiary alicyclic amines) is 1. The van der Waals surface area contributed by atoms with Crippen molar-refractivity contribution in [3.63, 3.8) is 0 Å². The van der Waals surface area contributed by atoms with Crippen molar-refractivity contribution >= 4 is 17.6 Å². The Hall–Kier alpha value is -3.10. The van der Waals surface area contributed by atoms with E-state index in [-0.39, 0.29) is 29.5 Å². The lowest BCUT2D eigenvalue weighted by atomic mass is 10.0. The molecule has 172 valence electrons. The molecule has 1 aliphatic heterocycles. The number of amides is 2. The van der Waals surface area contributed by atoms with Crippen LogP contribution in [0.3, 0.4) is 0 Å². The van der Waals surface area contributed by atoms with Crippen LogP contribution in [0.2, 0.25) is 0 Å². The predicted molar refractivity (Wildman–Crippen MR) is 112 cm³/mol. The molecule has 1 fully saturated rings. The Morgan fingerprint density at radius 2 is 2.00 bits per heavy atom. The van der Waals surface area contributed by atoms with Crippen LogP contribution in [0.5, 0.6) is 0 Å². The van der Waals surface area contributed by atoms with Crippen LogP contribution < -0.4 is 5.32 Å². The molecular formula is C23H26F3N3O3. The van der Waals surface area contributed by atoms with Gasteiger partial charge in [0.1, 0.15) is 5.69 Å². The third-order valence-electron chi connectivity index (χ3n) is 5.72. The molecule has 1 aromatic carbocycles. The predicted octanol–water partition coefficient (Wildman–Crippen LogP) is 4.20. The average molecular weight is 449 g/mol. The second-order valence-electron chi connectivity index (χ2n) is 7.98. The van der Waals surface area contributed by atoms with E-state index in [9.17, 15) is 27.6 Å². The maximum Gasteiger partial charge on any atom is 0.416 e. The number of ketones is 1. The van der Waals surface area contributed by atoms with Crippen molar-refractivity contribution in [1.82, 2.24) is 15.2 Å². The normalized spacial score (nSPS) is 15.2. The molecule has 6 nitrogen and oxygen atoms in total. The standard InChI is InChI=1S/C23H26F3N3O3/c1-4-17-20(14(3)30)13(2)27-21(17)22(32)28-18(12-29-10-6-9-19(29)31)15-7-5-8-16(11-15)23(24,25)26/h5,7-8,11,18,27H,4,6,9-10,12H2,1-3H3,(H,28,32). The van der Waals surface area contributed by atoms with Gasteiger partial charge in [0.15, 0.2) is 5.78 Å². The van der Waals surface area contributed by atoms with E-state index in [1.54, 1.807) is 11.8 Å². The maximum atomic E-state index is 13.3. The Balaban J connectivity index is 1.96. The largest absolute Gasteiger partial charge is 0.416 e. The van der Waals surface area contributed by atoms with E-state index in [1.807, 2.05) is 6.92 Å². The van der Waals surface area contributed by atoms with Gasteiger partial charge in [-0.1, -0.05) is 19.1 Å². The Labute approximate surface area is 184 Å². The molecule has 2 aromatic rings. The van der Waals surface area contributed by atoms with E-state index < -0.39 is 23.7 Å². The van der Waals surface area contributed by atoms with E-state index in [1.165, 1.54) is 19.1 Å². The molecule has 1 atom stereocenters. The molecule has 0 radical (unpaired) electrons. The molecule has 32 heavy (non-hydrogen) atoms. The molecule has 0 spiro atoms. The van der Waals surface area contributed by atoms with Gasteiger partial charge in [-0.15, -0.1) is 0 Å². The number of carbonyl (C=O) groups is 3. The highest BCUT2D eigenvalue weighted by molar-refractivity contribution is 6.02. The number of hydrogen-bond donors (Lipinski definition) is 2. The molecule has 3 rings (SSSR count). The highest BCUT2D eigenvalue weighted by Crippen LogP contribution is 2.31. The molecule has 2 heterocycles. The molecular weight excluding hydrogens is 423 g/mol. The fourth-order valence-electron chi connectivity index (χ4n) is 4.21. The molecule has 0 bridgehead atoms. The number of nitrogens with zero attached hydrogens (tertiary/aromatic N) is 1. The topological polar surface area (TPSA) is 82.3 Å². The minimum atomic E-state index is -4.53. The number of aryl methyl sites for hydroxylation is 1. The zero-order valence-electron chi connectivity index (χ0n) is 18.2. The Morgan fingerprint density at radius 1 is 1.28 bits per heavy atom.